The molecular weight excluding hydrogens is 679 g/mol. The smallest absolute Gasteiger partial charge is 0.306 e. The minimum absolute atomic E-state index is 0.0258. The van der Waals surface area contributed by atoms with Crippen molar-refractivity contribution in [1.82, 2.24) is 0 Å². The fourth-order valence-electron chi connectivity index (χ4n) is 5.82. The van der Waals surface area contributed by atoms with Crippen LogP contribution in [0.25, 0.3) is 0 Å². The number of quaternary nitrogens is 1. The topological polar surface area (TPSA) is 102 Å². The molecule has 0 aromatic heterocycles. The Labute approximate surface area is 330 Å². The molecular formula is C46H79NO7. The first kappa shape index (κ1) is 51.0. The van der Waals surface area contributed by atoms with Gasteiger partial charge in [0.05, 0.1) is 40.3 Å². The summed E-state index contributed by atoms with van der Waals surface area (Å²) in [5, 5.41) is 11.6. The summed E-state index contributed by atoms with van der Waals surface area (Å²) in [4.78, 5) is 36.8. The first-order valence-corrected chi connectivity index (χ1v) is 21.3. The lowest BCUT2D eigenvalue weighted by molar-refractivity contribution is -0.889. The molecule has 0 bridgehead atoms. The number of ether oxygens (including phenoxy) is 3. The Morgan fingerprint density at radius 3 is 1.56 bits per heavy atom. The van der Waals surface area contributed by atoms with Crippen LogP contribution in [0.2, 0.25) is 0 Å². The van der Waals surface area contributed by atoms with Crippen molar-refractivity contribution in [3.63, 3.8) is 0 Å². The summed E-state index contributed by atoms with van der Waals surface area (Å²) in [7, 11) is 5.39. The Morgan fingerprint density at radius 2 is 1.04 bits per heavy atom. The maximum absolute atomic E-state index is 12.7. The molecule has 0 aliphatic carbocycles. The van der Waals surface area contributed by atoms with Gasteiger partial charge < -0.3 is 28.6 Å². The monoisotopic (exact) mass is 758 g/mol. The summed E-state index contributed by atoms with van der Waals surface area (Å²) in [5.74, 6) is -1.78. The van der Waals surface area contributed by atoms with Crippen LogP contribution in [-0.2, 0) is 28.6 Å². The van der Waals surface area contributed by atoms with E-state index < -0.39 is 18.1 Å². The number of hydrogen-bond donors (Lipinski definition) is 0. The van der Waals surface area contributed by atoms with Crippen LogP contribution in [0.3, 0.4) is 0 Å². The van der Waals surface area contributed by atoms with Gasteiger partial charge in [-0.3, -0.25) is 9.59 Å². The number of esters is 2. The van der Waals surface area contributed by atoms with Gasteiger partial charge in [-0.1, -0.05) is 126 Å². The number of allylic oxidation sites excluding steroid dienone is 10. The molecule has 0 aliphatic rings. The predicted octanol–water partition coefficient (Wildman–Crippen LogP) is 10.1. The molecule has 54 heavy (non-hydrogen) atoms. The third-order valence-electron chi connectivity index (χ3n) is 9.14. The number of nitrogens with zero attached hydrogens (tertiary/aromatic N) is 1. The van der Waals surface area contributed by atoms with Crippen molar-refractivity contribution in [1.29, 1.82) is 0 Å². The SMILES string of the molecule is CC/C=C\C/C=C\C/C=C\C/C=C\CCCCCCC(=O)OC(COCCC(C(=O)[O-])[N+](C)(C)C)COC(=O)CCCCCCC/C=C\CCCCCC. The van der Waals surface area contributed by atoms with Gasteiger partial charge in [-0.25, -0.2) is 0 Å². The van der Waals surface area contributed by atoms with Gasteiger partial charge in [0, 0.05) is 19.3 Å². The summed E-state index contributed by atoms with van der Waals surface area (Å²) >= 11 is 0. The lowest BCUT2D eigenvalue weighted by Crippen LogP contribution is -2.55. The van der Waals surface area contributed by atoms with Gasteiger partial charge in [-0.15, -0.1) is 0 Å². The van der Waals surface area contributed by atoms with Crippen LogP contribution in [-0.4, -0.2) is 75.5 Å². The highest BCUT2D eigenvalue weighted by atomic mass is 16.6. The first-order valence-electron chi connectivity index (χ1n) is 21.3. The van der Waals surface area contributed by atoms with Crippen molar-refractivity contribution in [2.24, 2.45) is 0 Å². The third kappa shape index (κ3) is 34.8. The van der Waals surface area contributed by atoms with Crippen LogP contribution in [0, 0.1) is 0 Å². The number of carboxylic acid groups (broad SMARTS) is 1. The molecule has 0 rings (SSSR count). The highest BCUT2D eigenvalue weighted by Gasteiger charge is 2.25. The molecule has 310 valence electrons. The van der Waals surface area contributed by atoms with Gasteiger partial charge in [-0.2, -0.15) is 0 Å². The molecule has 0 radical (unpaired) electrons. The summed E-state index contributed by atoms with van der Waals surface area (Å²) < 4.78 is 17.1. The average molecular weight is 758 g/mol. The van der Waals surface area contributed by atoms with Gasteiger partial charge in [0.15, 0.2) is 6.10 Å². The molecule has 0 spiro atoms. The van der Waals surface area contributed by atoms with E-state index in [0.29, 0.717) is 6.42 Å². The number of carbonyl (C=O) groups is 3. The molecule has 0 N–H and O–H groups in total. The predicted molar refractivity (Wildman–Crippen MR) is 222 cm³/mol. The minimum atomic E-state index is -1.13. The van der Waals surface area contributed by atoms with Crippen LogP contribution < -0.4 is 5.11 Å². The highest BCUT2D eigenvalue weighted by molar-refractivity contribution is 5.70. The summed E-state index contributed by atoms with van der Waals surface area (Å²) in [6.45, 7) is 4.48. The average Bonchev–Trinajstić information content (AvgIpc) is 3.12. The van der Waals surface area contributed by atoms with Crippen LogP contribution in [0.15, 0.2) is 60.8 Å². The Balaban J connectivity index is 4.44. The van der Waals surface area contributed by atoms with Crippen molar-refractivity contribution >= 4 is 17.9 Å². The summed E-state index contributed by atoms with van der Waals surface area (Å²) in [5.41, 5.74) is 0. The fourth-order valence-corrected chi connectivity index (χ4v) is 5.82. The van der Waals surface area contributed by atoms with Crippen molar-refractivity contribution < 1.29 is 38.2 Å². The van der Waals surface area contributed by atoms with E-state index in [4.69, 9.17) is 14.2 Å². The standard InChI is InChI=1S/C46H79NO7/c1-6-8-10-12-14-16-18-20-21-22-23-25-27-29-31-33-35-37-45(49)54-42(40-52-39-38-43(46(50)51)47(3,4)5)41-53-44(48)36-34-32-30-28-26-24-19-17-15-13-11-9-7-2/h8,10,14,16-17,19-21,23,25,42-43H,6-7,9,11-13,15,18,22,24,26-41H2,1-5H3/b10-8-,16-14-,19-17-,21-20-,25-23-. The molecule has 8 nitrogen and oxygen atoms in total. The largest absolute Gasteiger partial charge is 0.544 e. The molecule has 2 atom stereocenters. The Morgan fingerprint density at radius 1 is 0.574 bits per heavy atom. The van der Waals surface area contributed by atoms with Gasteiger partial charge >= 0.3 is 11.9 Å². The van der Waals surface area contributed by atoms with Crippen LogP contribution in [0.4, 0.5) is 0 Å². The molecule has 0 saturated carbocycles. The van der Waals surface area contributed by atoms with E-state index in [1.54, 1.807) is 21.1 Å². The zero-order valence-electron chi connectivity index (χ0n) is 35.1. The van der Waals surface area contributed by atoms with Crippen molar-refractivity contribution in [3.05, 3.63) is 60.8 Å². The molecule has 0 fully saturated rings. The Bertz CT molecular complexity index is 1070. The van der Waals surface area contributed by atoms with Crippen molar-refractivity contribution in [3.8, 4) is 0 Å². The highest BCUT2D eigenvalue weighted by Crippen LogP contribution is 2.12. The minimum Gasteiger partial charge on any atom is -0.544 e. The van der Waals surface area contributed by atoms with Gasteiger partial charge in [-0.05, 0) is 77.0 Å². The van der Waals surface area contributed by atoms with E-state index in [2.05, 4.69) is 74.6 Å². The number of aliphatic carboxylic acids is 1. The van der Waals surface area contributed by atoms with Crippen LogP contribution in [0.5, 0.6) is 0 Å². The molecule has 2 unspecified atom stereocenters. The van der Waals surface area contributed by atoms with Crippen molar-refractivity contribution in [2.75, 3.05) is 41.0 Å². The molecule has 0 saturated heterocycles. The zero-order valence-corrected chi connectivity index (χ0v) is 35.1. The molecule has 0 aliphatic heterocycles. The third-order valence-corrected chi connectivity index (χ3v) is 9.14. The molecule has 0 aromatic carbocycles. The molecule has 0 heterocycles. The maximum Gasteiger partial charge on any atom is 0.306 e. The lowest BCUT2D eigenvalue weighted by Gasteiger charge is -2.34. The normalized spacial score (nSPS) is 13.6. The van der Waals surface area contributed by atoms with Crippen LogP contribution in [0.1, 0.15) is 162 Å². The van der Waals surface area contributed by atoms with E-state index in [9.17, 15) is 19.5 Å². The number of carbonyl (C=O) groups excluding carboxylic acids is 3. The summed E-state index contributed by atoms with van der Waals surface area (Å²) in [6, 6.07) is -0.733. The Kier molecular flexibility index (Phi) is 34.9. The van der Waals surface area contributed by atoms with Crippen LogP contribution >= 0.6 is 0 Å². The zero-order chi connectivity index (χ0) is 40.0. The van der Waals surface area contributed by atoms with E-state index in [1.165, 1.54) is 38.5 Å². The quantitative estimate of drug-likeness (QED) is 0.0269. The van der Waals surface area contributed by atoms with E-state index in [1.807, 2.05) is 0 Å². The van der Waals surface area contributed by atoms with E-state index in [0.717, 1.165) is 89.9 Å². The number of hydrogen-bond acceptors (Lipinski definition) is 7. The van der Waals surface area contributed by atoms with E-state index in [-0.39, 0.29) is 49.1 Å². The molecule has 0 aromatic rings. The maximum atomic E-state index is 12.7. The lowest BCUT2D eigenvalue weighted by atomic mass is 10.1. The van der Waals surface area contributed by atoms with Gasteiger partial charge in [0.25, 0.3) is 0 Å². The second kappa shape index (κ2) is 37.0. The molecule has 8 heteroatoms. The van der Waals surface area contributed by atoms with Crippen molar-refractivity contribution in [2.45, 2.75) is 174 Å². The van der Waals surface area contributed by atoms with E-state index >= 15 is 0 Å². The molecule has 0 amide bonds. The van der Waals surface area contributed by atoms with Gasteiger partial charge in [0.2, 0.25) is 0 Å². The Hall–Kier alpha value is -2.97. The summed E-state index contributed by atoms with van der Waals surface area (Å²) in [6.07, 6.45) is 43.8. The number of unbranched alkanes of at least 4 members (excludes halogenated alkanes) is 13. The second-order valence-corrected chi connectivity index (χ2v) is 15.2. The number of carboxylic acids is 1. The second-order valence-electron chi connectivity index (χ2n) is 15.2. The number of likely N-dealkylation sites (N-methyl/N-ethyl adjacent to an activating group) is 1. The first-order chi connectivity index (χ1) is 26.1. The number of rotatable bonds is 37. The fraction of sp³-hybridized carbons (Fsp3) is 0.717. The van der Waals surface area contributed by atoms with Gasteiger partial charge in [0.1, 0.15) is 12.6 Å².